The molecule has 114 valence electrons. The minimum atomic E-state index is -0.709. The molecule has 1 saturated heterocycles. The Balaban J connectivity index is 2.00. The number of carboxylic acids is 1. The molecule has 2 aliphatic rings. The molecule has 4 unspecified atom stereocenters. The average Bonchev–Trinajstić information content (AvgIpc) is 2.88. The second kappa shape index (κ2) is 5.96. The molecule has 1 aliphatic heterocycles. The summed E-state index contributed by atoms with van der Waals surface area (Å²) >= 11 is 1.84. The summed E-state index contributed by atoms with van der Waals surface area (Å²) in [6.45, 7) is 6.10. The molecule has 0 radical (unpaired) electrons. The zero-order valence-electron chi connectivity index (χ0n) is 12.5. The van der Waals surface area contributed by atoms with Gasteiger partial charge in [0.05, 0.1) is 5.92 Å². The first kappa shape index (κ1) is 15.7. The lowest BCUT2D eigenvalue weighted by molar-refractivity contribution is -0.150. The van der Waals surface area contributed by atoms with Gasteiger partial charge in [0, 0.05) is 17.7 Å². The van der Waals surface area contributed by atoms with Crippen molar-refractivity contribution >= 4 is 23.6 Å². The number of aliphatic carboxylic acids is 1. The Morgan fingerprint density at radius 3 is 2.50 bits per heavy atom. The maximum absolute atomic E-state index is 12.2. The third-order valence-corrected chi connectivity index (χ3v) is 6.53. The first-order valence-corrected chi connectivity index (χ1v) is 8.60. The second-order valence-corrected chi connectivity index (χ2v) is 7.90. The maximum atomic E-state index is 12.2. The van der Waals surface area contributed by atoms with E-state index in [2.05, 4.69) is 12.2 Å². The summed E-state index contributed by atoms with van der Waals surface area (Å²) in [5.41, 5.74) is -0.285. The highest BCUT2D eigenvalue weighted by Crippen LogP contribution is 2.45. The molecule has 2 N–H and O–H groups in total. The summed E-state index contributed by atoms with van der Waals surface area (Å²) in [4.78, 5) is 23.6. The fourth-order valence-electron chi connectivity index (χ4n) is 3.48. The van der Waals surface area contributed by atoms with Gasteiger partial charge in [-0.25, -0.2) is 0 Å². The van der Waals surface area contributed by atoms with E-state index in [1.807, 2.05) is 25.6 Å². The topological polar surface area (TPSA) is 66.4 Å². The van der Waals surface area contributed by atoms with E-state index in [9.17, 15) is 14.7 Å². The second-order valence-electron chi connectivity index (χ2n) is 6.75. The highest BCUT2D eigenvalue weighted by atomic mass is 32.2. The Hall–Kier alpha value is -0.710. The summed E-state index contributed by atoms with van der Waals surface area (Å²) in [6, 6.07) is 0.110. The van der Waals surface area contributed by atoms with Gasteiger partial charge in [-0.1, -0.05) is 20.8 Å². The molecule has 20 heavy (non-hydrogen) atoms. The Morgan fingerprint density at radius 1 is 1.25 bits per heavy atom. The van der Waals surface area contributed by atoms with E-state index in [4.69, 9.17) is 0 Å². The zero-order chi connectivity index (χ0) is 14.9. The van der Waals surface area contributed by atoms with Crippen LogP contribution in [0.25, 0.3) is 0 Å². The van der Waals surface area contributed by atoms with E-state index in [-0.39, 0.29) is 35.1 Å². The molecule has 0 bridgehead atoms. The van der Waals surface area contributed by atoms with Crippen molar-refractivity contribution in [3.63, 3.8) is 0 Å². The molecule has 0 aromatic heterocycles. The number of thioether (sulfide) groups is 1. The number of hydrogen-bond acceptors (Lipinski definition) is 3. The van der Waals surface area contributed by atoms with Crippen molar-refractivity contribution in [3.8, 4) is 0 Å². The molecule has 0 aromatic carbocycles. The fourth-order valence-corrected chi connectivity index (χ4v) is 4.71. The molecule has 2 rings (SSSR count). The number of carboxylic acid groups (broad SMARTS) is 1. The Labute approximate surface area is 125 Å². The molecule has 4 nitrogen and oxygen atoms in total. The van der Waals surface area contributed by atoms with Crippen molar-refractivity contribution in [2.45, 2.75) is 46.1 Å². The predicted octanol–water partition coefficient (Wildman–Crippen LogP) is 2.38. The van der Waals surface area contributed by atoms with Gasteiger partial charge in [0.1, 0.15) is 0 Å². The van der Waals surface area contributed by atoms with Crippen LogP contribution in [0.5, 0.6) is 0 Å². The number of rotatable bonds is 3. The van der Waals surface area contributed by atoms with Crippen molar-refractivity contribution in [1.29, 1.82) is 0 Å². The average molecular weight is 299 g/mol. The van der Waals surface area contributed by atoms with Crippen molar-refractivity contribution < 1.29 is 14.7 Å². The van der Waals surface area contributed by atoms with Crippen molar-refractivity contribution in [1.82, 2.24) is 5.32 Å². The third kappa shape index (κ3) is 2.97. The van der Waals surface area contributed by atoms with Gasteiger partial charge in [-0.05, 0) is 36.3 Å². The summed E-state index contributed by atoms with van der Waals surface area (Å²) in [5, 5.41) is 12.5. The summed E-state index contributed by atoms with van der Waals surface area (Å²) in [7, 11) is 0. The molecule has 2 fully saturated rings. The number of carbonyl (C=O) groups excluding carboxylic acids is 1. The molecular formula is C15H25NO3S. The normalized spacial score (nSPS) is 36.5. The van der Waals surface area contributed by atoms with E-state index >= 15 is 0 Å². The van der Waals surface area contributed by atoms with Crippen LogP contribution in [0.2, 0.25) is 0 Å². The van der Waals surface area contributed by atoms with E-state index in [1.165, 1.54) is 0 Å². The van der Waals surface area contributed by atoms with Gasteiger partial charge in [-0.15, -0.1) is 0 Å². The van der Waals surface area contributed by atoms with Crippen LogP contribution in [0.3, 0.4) is 0 Å². The number of nitrogens with one attached hydrogen (secondary N) is 1. The first-order valence-electron chi connectivity index (χ1n) is 7.45. The van der Waals surface area contributed by atoms with Gasteiger partial charge >= 0.3 is 5.97 Å². The first-order chi connectivity index (χ1) is 9.34. The van der Waals surface area contributed by atoms with E-state index in [0.717, 1.165) is 24.3 Å². The Kier molecular flexibility index (Phi) is 4.67. The van der Waals surface area contributed by atoms with E-state index in [1.54, 1.807) is 0 Å². The lowest BCUT2D eigenvalue weighted by atomic mass is 9.61. The molecule has 4 atom stereocenters. The Bertz CT molecular complexity index is 391. The molecule has 1 heterocycles. The SMILES string of the molecule is CC1C(NC(=O)C2CCSC2)CCC(C(=O)O)C1(C)C. The third-order valence-electron chi connectivity index (χ3n) is 5.37. The lowest BCUT2D eigenvalue weighted by Gasteiger charge is -2.46. The van der Waals surface area contributed by atoms with Gasteiger partial charge in [-0.2, -0.15) is 11.8 Å². The van der Waals surface area contributed by atoms with Gasteiger partial charge in [-0.3, -0.25) is 9.59 Å². The largest absolute Gasteiger partial charge is 0.481 e. The highest BCUT2D eigenvalue weighted by molar-refractivity contribution is 7.99. The van der Waals surface area contributed by atoms with Crippen LogP contribution in [0.1, 0.15) is 40.0 Å². The van der Waals surface area contributed by atoms with Crippen molar-refractivity contribution in [2.24, 2.45) is 23.2 Å². The van der Waals surface area contributed by atoms with Crippen LogP contribution in [-0.4, -0.2) is 34.5 Å². The number of hydrogen-bond donors (Lipinski definition) is 2. The highest BCUT2D eigenvalue weighted by Gasteiger charge is 2.46. The van der Waals surface area contributed by atoms with Crippen LogP contribution >= 0.6 is 11.8 Å². The Morgan fingerprint density at radius 2 is 1.95 bits per heavy atom. The monoisotopic (exact) mass is 299 g/mol. The smallest absolute Gasteiger partial charge is 0.307 e. The molecule has 0 aromatic rings. The van der Waals surface area contributed by atoms with Crippen molar-refractivity contribution in [2.75, 3.05) is 11.5 Å². The van der Waals surface area contributed by atoms with Crippen LogP contribution in [-0.2, 0) is 9.59 Å². The minimum Gasteiger partial charge on any atom is -0.481 e. The van der Waals surface area contributed by atoms with E-state index < -0.39 is 5.97 Å². The minimum absolute atomic E-state index is 0.110. The van der Waals surface area contributed by atoms with Gasteiger partial charge in [0.2, 0.25) is 5.91 Å². The lowest BCUT2D eigenvalue weighted by Crippen LogP contribution is -2.53. The summed E-state index contributed by atoms with van der Waals surface area (Å²) in [5.74, 6) is 1.46. The van der Waals surface area contributed by atoms with Gasteiger partial charge < -0.3 is 10.4 Å². The quantitative estimate of drug-likeness (QED) is 0.839. The summed E-state index contributed by atoms with van der Waals surface area (Å²) in [6.07, 6.45) is 2.39. The van der Waals surface area contributed by atoms with Gasteiger partial charge in [0.15, 0.2) is 0 Å². The number of carbonyl (C=O) groups is 2. The van der Waals surface area contributed by atoms with Crippen LogP contribution in [0, 0.1) is 23.2 Å². The van der Waals surface area contributed by atoms with E-state index in [0.29, 0.717) is 6.42 Å². The molecule has 1 aliphatic carbocycles. The molecule has 0 spiro atoms. The standard InChI is InChI=1S/C15H25NO3S/c1-9-12(16-13(17)10-6-7-20-8-10)5-4-11(14(18)19)15(9,2)3/h9-12H,4-8H2,1-3H3,(H,16,17)(H,18,19). The molecule has 1 saturated carbocycles. The van der Waals surface area contributed by atoms with Crippen LogP contribution in [0.4, 0.5) is 0 Å². The maximum Gasteiger partial charge on any atom is 0.307 e. The van der Waals surface area contributed by atoms with Crippen LogP contribution < -0.4 is 5.32 Å². The fraction of sp³-hybridized carbons (Fsp3) is 0.867. The zero-order valence-corrected chi connectivity index (χ0v) is 13.3. The molecular weight excluding hydrogens is 274 g/mol. The molecule has 5 heteroatoms. The van der Waals surface area contributed by atoms with Crippen LogP contribution in [0.15, 0.2) is 0 Å². The summed E-state index contributed by atoms with van der Waals surface area (Å²) < 4.78 is 0. The predicted molar refractivity (Wildman–Crippen MR) is 80.7 cm³/mol. The molecule has 1 amide bonds. The number of amides is 1. The van der Waals surface area contributed by atoms with Crippen molar-refractivity contribution in [3.05, 3.63) is 0 Å². The van der Waals surface area contributed by atoms with Gasteiger partial charge in [0.25, 0.3) is 0 Å².